The highest BCUT2D eigenvalue weighted by atomic mass is 35.5. The molecule has 2 atom stereocenters. The molecule has 0 bridgehead atoms. The van der Waals surface area contributed by atoms with Crippen LogP contribution in [-0.4, -0.2) is 12.0 Å². The Balaban J connectivity index is 1.64. The van der Waals surface area contributed by atoms with Gasteiger partial charge in [-0.25, -0.2) is 0 Å². The Morgan fingerprint density at radius 1 is 1.40 bits per heavy atom. The SMILES string of the molecule is CC(NC(=O)C1Cc2ccccc2O1)c1ccc(Cl)s1. The number of carbonyl (C=O) groups excluding carboxylic acids is 1. The third-order valence-corrected chi connectivity index (χ3v) is 4.73. The molecule has 3 nitrogen and oxygen atoms in total. The minimum Gasteiger partial charge on any atom is -0.480 e. The first-order chi connectivity index (χ1) is 9.63. The van der Waals surface area contributed by atoms with Crippen molar-refractivity contribution in [1.82, 2.24) is 5.32 Å². The Labute approximate surface area is 126 Å². The van der Waals surface area contributed by atoms with Gasteiger partial charge in [0.2, 0.25) is 0 Å². The second-order valence-corrected chi connectivity index (χ2v) is 6.54. The molecule has 0 fully saturated rings. The van der Waals surface area contributed by atoms with Crippen LogP contribution < -0.4 is 10.1 Å². The van der Waals surface area contributed by atoms with Crippen molar-refractivity contribution in [3.63, 3.8) is 0 Å². The first-order valence-corrected chi connectivity index (χ1v) is 7.63. The predicted octanol–water partition coefficient (Wildman–Crippen LogP) is 3.58. The summed E-state index contributed by atoms with van der Waals surface area (Å²) in [5.74, 6) is 0.720. The highest BCUT2D eigenvalue weighted by Gasteiger charge is 2.29. The molecule has 20 heavy (non-hydrogen) atoms. The fourth-order valence-corrected chi connectivity index (χ4v) is 3.33. The summed E-state index contributed by atoms with van der Waals surface area (Å²) < 4.78 is 6.40. The van der Waals surface area contributed by atoms with Crippen LogP contribution in [0.2, 0.25) is 4.34 Å². The number of hydrogen-bond donors (Lipinski definition) is 1. The molecule has 104 valence electrons. The van der Waals surface area contributed by atoms with Crippen LogP contribution >= 0.6 is 22.9 Å². The normalized spacial score (nSPS) is 18.2. The summed E-state index contributed by atoms with van der Waals surface area (Å²) in [6, 6.07) is 11.5. The zero-order valence-corrected chi connectivity index (χ0v) is 12.5. The largest absolute Gasteiger partial charge is 0.480 e. The number of fused-ring (bicyclic) bond motifs is 1. The number of halogens is 1. The van der Waals surface area contributed by atoms with Crippen molar-refractivity contribution in [1.29, 1.82) is 0 Å². The van der Waals surface area contributed by atoms with Crippen molar-refractivity contribution in [2.45, 2.75) is 25.5 Å². The van der Waals surface area contributed by atoms with Gasteiger partial charge >= 0.3 is 0 Å². The van der Waals surface area contributed by atoms with E-state index in [-0.39, 0.29) is 11.9 Å². The topological polar surface area (TPSA) is 38.3 Å². The van der Waals surface area contributed by atoms with Crippen molar-refractivity contribution in [3.05, 3.63) is 51.2 Å². The fraction of sp³-hybridized carbons (Fsp3) is 0.267. The number of rotatable bonds is 3. The Morgan fingerprint density at radius 3 is 2.90 bits per heavy atom. The van der Waals surface area contributed by atoms with E-state index >= 15 is 0 Å². The van der Waals surface area contributed by atoms with E-state index < -0.39 is 6.10 Å². The van der Waals surface area contributed by atoms with Crippen molar-refractivity contribution in [3.8, 4) is 5.75 Å². The van der Waals surface area contributed by atoms with Gasteiger partial charge in [0, 0.05) is 11.3 Å². The third kappa shape index (κ3) is 2.67. The monoisotopic (exact) mass is 307 g/mol. The zero-order valence-electron chi connectivity index (χ0n) is 10.9. The maximum Gasteiger partial charge on any atom is 0.261 e. The predicted molar refractivity (Wildman–Crippen MR) is 80.4 cm³/mol. The number of carbonyl (C=O) groups is 1. The highest BCUT2D eigenvalue weighted by molar-refractivity contribution is 7.16. The number of para-hydroxylation sites is 1. The summed E-state index contributed by atoms with van der Waals surface area (Å²) in [4.78, 5) is 13.3. The molecule has 2 aromatic rings. The Morgan fingerprint density at radius 2 is 2.20 bits per heavy atom. The fourth-order valence-electron chi connectivity index (χ4n) is 2.27. The van der Waals surface area contributed by atoms with Crippen molar-refractivity contribution in [2.75, 3.05) is 0 Å². The number of hydrogen-bond acceptors (Lipinski definition) is 3. The lowest BCUT2D eigenvalue weighted by atomic mass is 10.1. The molecule has 0 radical (unpaired) electrons. The van der Waals surface area contributed by atoms with Crippen molar-refractivity contribution in [2.24, 2.45) is 0 Å². The second-order valence-electron chi connectivity index (χ2n) is 4.79. The Kier molecular flexibility index (Phi) is 3.68. The van der Waals surface area contributed by atoms with Gasteiger partial charge in [0.25, 0.3) is 5.91 Å². The molecule has 0 saturated carbocycles. The van der Waals surface area contributed by atoms with Crippen LogP contribution in [0.25, 0.3) is 0 Å². The standard InChI is InChI=1S/C15H14ClNO2S/c1-9(13-6-7-14(16)20-13)17-15(18)12-8-10-4-2-3-5-11(10)19-12/h2-7,9,12H,8H2,1H3,(H,17,18). The van der Waals surface area contributed by atoms with E-state index in [1.807, 2.05) is 43.3 Å². The first kappa shape index (κ1) is 13.5. The summed E-state index contributed by atoms with van der Waals surface area (Å²) in [5.41, 5.74) is 1.08. The number of ether oxygens (including phenoxy) is 1. The number of nitrogens with one attached hydrogen (secondary N) is 1. The molecule has 2 heterocycles. The van der Waals surface area contributed by atoms with Gasteiger partial charge in [-0.3, -0.25) is 4.79 Å². The summed E-state index contributed by atoms with van der Waals surface area (Å²) in [7, 11) is 0. The molecule has 2 unspecified atom stereocenters. The molecule has 5 heteroatoms. The highest BCUT2D eigenvalue weighted by Crippen LogP contribution is 2.30. The van der Waals surface area contributed by atoms with E-state index in [0.717, 1.165) is 20.5 Å². The van der Waals surface area contributed by atoms with Gasteiger partial charge in [0.15, 0.2) is 6.10 Å². The smallest absolute Gasteiger partial charge is 0.261 e. The molecule has 1 amide bonds. The second kappa shape index (κ2) is 5.46. The first-order valence-electron chi connectivity index (χ1n) is 6.43. The average molecular weight is 308 g/mol. The van der Waals surface area contributed by atoms with Crippen LogP contribution in [-0.2, 0) is 11.2 Å². The lowest BCUT2D eigenvalue weighted by Gasteiger charge is -2.16. The molecule has 1 aromatic carbocycles. The van der Waals surface area contributed by atoms with Crippen LogP contribution in [0.3, 0.4) is 0 Å². The molecule has 1 N–H and O–H groups in total. The van der Waals surface area contributed by atoms with E-state index in [0.29, 0.717) is 6.42 Å². The molecule has 1 aliphatic rings. The maximum absolute atomic E-state index is 12.2. The summed E-state index contributed by atoms with van der Waals surface area (Å²) in [5, 5.41) is 2.97. The quantitative estimate of drug-likeness (QED) is 0.941. The average Bonchev–Trinajstić information content (AvgIpc) is 3.04. The van der Waals surface area contributed by atoms with E-state index in [4.69, 9.17) is 16.3 Å². The molecule has 0 aliphatic carbocycles. The summed E-state index contributed by atoms with van der Waals surface area (Å²) >= 11 is 7.39. The number of amides is 1. The molecular weight excluding hydrogens is 294 g/mol. The van der Waals surface area contributed by atoms with Gasteiger partial charge in [-0.15, -0.1) is 11.3 Å². The van der Waals surface area contributed by atoms with E-state index in [9.17, 15) is 4.79 Å². The van der Waals surface area contributed by atoms with Crippen molar-refractivity contribution < 1.29 is 9.53 Å². The minimum absolute atomic E-state index is 0.0627. The van der Waals surface area contributed by atoms with Gasteiger partial charge in [-0.2, -0.15) is 0 Å². The van der Waals surface area contributed by atoms with Crippen LogP contribution in [0.5, 0.6) is 5.75 Å². The molecule has 1 aliphatic heterocycles. The van der Waals surface area contributed by atoms with Crippen LogP contribution in [0.15, 0.2) is 36.4 Å². The number of thiophene rings is 1. The van der Waals surface area contributed by atoms with Gasteiger partial charge < -0.3 is 10.1 Å². The molecule has 0 spiro atoms. The maximum atomic E-state index is 12.2. The Bertz CT molecular complexity index is 615. The lowest BCUT2D eigenvalue weighted by Crippen LogP contribution is -2.38. The summed E-state index contributed by atoms with van der Waals surface area (Å²) in [6.45, 7) is 1.95. The lowest BCUT2D eigenvalue weighted by molar-refractivity contribution is -0.127. The molecule has 3 rings (SSSR count). The van der Waals surface area contributed by atoms with Crippen LogP contribution in [0.1, 0.15) is 23.4 Å². The zero-order chi connectivity index (χ0) is 14.1. The molecular formula is C15H14ClNO2S. The minimum atomic E-state index is -0.440. The van der Waals surface area contributed by atoms with Crippen LogP contribution in [0.4, 0.5) is 0 Å². The van der Waals surface area contributed by atoms with Gasteiger partial charge in [-0.05, 0) is 30.7 Å². The van der Waals surface area contributed by atoms with E-state index in [1.165, 1.54) is 11.3 Å². The third-order valence-electron chi connectivity index (χ3n) is 3.32. The van der Waals surface area contributed by atoms with Crippen LogP contribution in [0, 0.1) is 0 Å². The number of benzene rings is 1. The summed E-state index contributed by atoms with van der Waals surface area (Å²) in [6.07, 6.45) is 0.185. The van der Waals surface area contributed by atoms with Gasteiger partial charge in [-0.1, -0.05) is 29.8 Å². The van der Waals surface area contributed by atoms with Gasteiger partial charge in [0.1, 0.15) is 5.75 Å². The van der Waals surface area contributed by atoms with E-state index in [1.54, 1.807) is 0 Å². The molecule has 1 aromatic heterocycles. The van der Waals surface area contributed by atoms with Gasteiger partial charge in [0.05, 0.1) is 10.4 Å². The molecule has 0 saturated heterocycles. The van der Waals surface area contributed by atoms with Crippen molar-refractivity contribution >= 4 is 28.8 Å². The Hall–Kier alpha value is -1.52. The van der Waals surface area contributed by atoms with E-state index in [2.05, 4.69) is 5.32 Å².